The molecule has 7 heteroatoms. The first-order valence-corrected chi connectivity index (χ1v) is 8.66. The molecular weight excluding hydrogens is 333 g/mol. The number of hydrogen-bond donors (Lipinski definition) is 0. The Kier molecular flexibility index (Phi) is 3.67. The quantitative estimate of drug-likeness (QED) is 0.780. The molecule has 0 radical (unpaired) electrons. The smallest absolute Gasteiger partial charge is 0.337 e. The lowest BCUT2D eigenvalue weighted by atomic mass is 9.78. The second-order valence-electron chi connectivity index (χ2n) is 7.47. The van der Waals surface area contributed by atoms with Crippen LogP contribution in [0.4, 0.5) is 13.2 Å². The number of pyridine rings is 1. The Labute approximate surface area is 143 Å². The molecule has 4 nitrogen and oxygen atoms in total. The standard InChI is InChI=1S/C18H19F3N2O2/c19-18(20,21)13-6-11-10-23(5-3-15(11)22-9-13)16(25)17-4-1-2-12(17)7-14(24)8-17/h6,9,12H,1-5,7-8,10H2/t12-,17-/m0/s1. The molecule has 4 rings (SSSR count). The van der Waals surface area contributed by atoms with Crippen molar-refractivity contribution in [2.24, 2.45) is 11.3 Å². The topological polar surface area (TPSA) is 50.3 Å². The van der Waals surface area contributed by atoms with E-state index in [1.54, 1.807) is 4.90 Å². The van der Waals surface area contributed by atoms with Crippen LogP contribution < -0.4 is 0 Å². The lowest BCUT2D eigenvalue weighted by Crippen LogP contribution is -2.46. The SMILES string of the molecule is O=C1C[C@@H]2CCC[C@]2(C(=O)N2CCc3ncc(C(F)(F)F)cc3C2)C1. The zero-order valence-corrected chi connectivity index (χ0v) is 13.7. The Hall–Kier alpha value is -1.92. The van der Waals surface area contributed by atoms with Gasteiger partial charge in [-0.05, 0) is 30.4 Å². The van der Waals surface area contributed by atoms with E-state index in [0.29, 0.717) is 43.5 Å². The van der Waals surface area contributed by atoms with Crippen molar-refractivity contribution < 1.29 is 22.8 Å². The summed E-state index contributed by atoms with van der Waals surface area (Å²) in [6, 6.07) is 1.10. The van der Waals surface area contributed by atoms with Crippen molar-refractivity contribution in [3.8, 4) is 0 Å². The van der Waals surface area contributed by atoms with Crippen LogP contribution in [0.25, 0.3) is 0 Å². The summed E-state index contributed by atoms with van der Waals surface area (Å²) in [6.45, 7) is 0.598. The second kappa shape index (κ2) is 5.54. The highest BCUT2D eigenvalue weighted by Crippen LogP contribution is 2.54. The molecule has 1 aromatic rings. The van der Waals surface area contributed by atoms with E-state index in [2.05, 4.69) is 4.98 Å². The van der Waals surface area contributed by atoms with Crippen molar-refractivity contribution >= 4 is 11.7 Å². The van der Waals surface area contributed by atoms with Crippen LogP contribution >= 0.6 is 0 Å². The summed E-state index contributed by atoms with van der Waals surface area (Å²) in [5.41, 5.74) is -0.304. The van der Waals surface area contributed by atoms with Crippen molar-refractivity contribution in [1.29, 1.82) is 0 Å². The number of carbonyl (C=O) groups is 2. The molecular formula is C18H19F3N2O2. The van der Waals surface area contributed by atoms with Crippen LogP contribution in [0.3, 0.4) is 0 Å². The third-order valence-electron chi connectivity index (χ3n) is 6.02. The molecule has 0 N–H and O–H groups in total. The average Bonchev–Trinajstić information content (AvgIpc) is 3.09. The Bertz CT molecular complexity index is 746. The molecule has 134 valence electrons. The number of nitrogens with zero attached hydrogens (tertiary/aromatic N) is 2. The van der Waals surface area contributed by atoms with Crippen molar-refractivity contribution in [3.05, 3.63) is 29.1 Å². The summed E-state index contributed by atoms with van der Waals surface area (Å²) < 4.78 is 38.8. The van der Waals surface area contributed by atoms with Gasteiger partial charge in [-0.3, -0.25) is 14.6 Å². The first-order chi connectivity index (χ1) is 11.8. The predicted octanol–water partition coefficient (Wildman–Crippen LogP) is 3.13. The number of carbonyl (C=O) groups excluding carboxylic acids is 2. The largest absolute Gasteiger partial charge is 0.417 e. The van der Waals surface area contributed by atoms with Gasteiger partial charge in [0.25, 0.3) is 0 Å². The molecule has 2 aliphatic carbocycles. The normalized spacial score (nSPS) is 28.8. The lowest BCUT2D eigenvalue weighted by molar-refractivity contribution is -0.145. The third-order valence-corrected chi connectivity index (χ3v) is 6.02. The van der Waals surface area contributed by atoms with E-state index >= 15 is 0 Å². The Morgan fingerprint density at radius 1 is 1.36 bits per heavy atom. The molecule has 0 unspecified atom stereocenters. The number of rotatable bonds is 1. The van der Waals surface area contributed by atoms with Gasteiger partial charge in [-0.15, -0.1) is 0 Å². The molecule has 2 atom stereocenters. The van der Waals surface area contributed by atoms with Crippen LogP contribution in [0.5, 0.6) is 0 Å². The van der Waals surface area contributed by atoms with E-state index in [1.165, 1.54) is 0 Å². The van der Waals surface area contributed by atoms with E-state index in [1.807, 2.05) is 0 Å². The number of aromatic nitrogens is 1. The van der Waals surface area contributed by atoms with Gasteiger partial charge in [0.05, 0.1) is 11.0 Å². The summed E-state index contributed by atoms with van der Waals surface area (Å²) in [6.07, 6.45) is 0.172. The number of alkyl halides is 3. The number of halogens is 3. The summed E-state index contributed by atoms with van der Waals surface area (Å²) in [4.78, 5) is 30.7. The number of fused-ring (bicyclic) bond motifs is 2. The maximum Gasteiger partial charge on any atom is 0.417 e. The molecule has 2 saturated carbocycles. The Morgan fingerprint density at radius 2 is 2.16 bits per heavy atom. The van der Waals surface area contributed by atoms with Crippen LogP contribution in [-0.4, -0.2) is 28.1 Å². The van der Waals surface area contributed by atoms with Gasteiger partial charge in [0.15, 0.2) is 0 Å². The summed E-state index contributed by atoms with van der Waals surface area (Å²) in [5.74, 6) is 0.189. The minimum atomic E-state index is -4.44. The van der Waals surface area contributed by atoms with Crippen LogP contribution in [-0.2, 0) is 28.7 Å². The van der Waals surface area contributed by atoms with Crippen molar-refractivity contribution in [3.63, 3.8) is 0 Å². The maximum absolute atomic E-state index is 13.2. The van der Waals surface area contributed by atoms with Gasteiger partial charge < -0.3 is 4.90 Å². The van der Waals surface area contributed by atoms with Gasteiger partial charge in [0.1, 0.15) is 5.78 Å². The fourth-order valence-corrected chi connectivity index (χ4v) is 4.80. The molecule has 0 bridgehead atoms. The van der Waals surface area contributed by atoms with Crippen molar-refractivity contribution in [2.75, 3.05) is 6.54 Å². The van der Waals surface area contributed by atoms with Crippen LogP contribution in [0.15, 0.2) is 12.3 Å². The third kappa shape index (κ3) is 2.64. The van der Waals surface area contributed by atoms with Gasteiger partial charge >= 0.3 is 6.18 Å². The molecule has 0 spiro atoms. The summed E-state index contributed by atoms with van der Waals surface area (Å²) in [7, 11) is 0. The Morgan fingerprint density at radius 3 is 2.92 bits per heavy atom. The van der Waals surface area contributed by atoms with Gasteiger partial charge in [0.2, 0.25) is 5.91 Å². The maximum atomic E-state index is 13.2. The second-order valence-corrected chi connectivity index (χ2v) is 7.47. The minimum Gasteiger partial charge on any atom is -0.337 e. The zero-order valence-electron chi connectivity index (χ0n) is 13.7. The summed E-state index contributed by atoms with van der Waals surface area (Å²) in [5, 5.41) is 0. The van der Waals surface area contributed by atoms with E-state index in [-0.39, 0.29) is 24.2 Å². The molecule has 25 heavy (non-hydrogen) atoms. The number of hydrogen-bond acceptors (Lipinski definition) is 3. The van der Waals surface area contributed by atoms with Gasteiger partial charge in [0, 0.05) is 44.2 Å². The summed E-state index contributed by atoms with van der Waals surface area (Å²) >= 11 is 0. The van der Waals surface area contributed by atoms with E-state index in [9.17, 15) is 22.8 Å². The van der Waals surface area contributed by atoms with Gasteiger partial charge in [-0.25, -0.2) is 0 Å². The highest BCUT2D eigenvalue weighted by Gasteiger charge is 2.56. The molecule has 0 aromatic carbocycles. The highest BCUT2D eigenvalue weighted by atomic mass is 19.4. The Balaban J connectivity index is 1.60. The first kappa shape index (κ1) is 16.5. The van der Waals surface area contributed by atoms with Crippen LogP contribution in [0.2, 0.25) is 0 Å². The van der Waals surface area contributed by atoms with Crippen molar-refractivity contribution in [1.82, 2.24) is 9.88 Å². The zero-order chi connectivity index (χ0) is 17.8. The molecule has 0 saturated heterocycles. The van der Waals surface area contributed by atoms with Crippen LogP contribution in [0, 0.1) is 11.3 Å². The van der Waals surface area contributed by atoms with E-state index in [0.717, 1.165) is 25.1 Å². The minimum absolute atomic E-state index is 0.0519. The molecule has 2 fully saturated rings. The molecule has 2 heterocycles. The lowest BCUT2D eigenvalue weighted by Gasteiger charge is -2.37. The van der Waals surface area contributed by atoms with Crippen LogP contribution in [0.1, 0.15) is 48.9 Å². The average molecular weight is 352 g/mol. The molecule has 1 amide bonds. The monoisotopic (exact) mass is 352 g/mol. The highest BCUT2D eigenvalue weighted by molar-refractivity contribution is 5.94. The predicted molar refractivity (Wildman–Crippen MR) is 82.4 cm³/mol. The number of amides is 1. The van der Waals surface area contributed by atoms with E-state index in [4.69, 9.17) is 0 Å². The molecule has 1 aromatic heterocycles. The number of Topliss-reactive ketones (excluding diaryl/α,β-unsaturated/α-hetero) is 1. The molecule has 1 aliphatic heterocycles. The van der Waals surface area contributed by atoms with E-state index < -0.39 is 17.2 Å². The fourth-order valence-electron chi connectivity index (χ4n) is 4.80. The molecule has 3 aliphatic rings. The fraction of sp³-hybridized carbons (Fsp3) is 0.611. The van der Waals surface area contributed by atoms with Gasteiger partial charge in [-0.1, -0.05) is 6.42 Å². The van der Waals surface area contributed by atoms with Crippen molar-refractivity contribution in [2.45, 2.75) is 51.2 Å². The van der Waals surface area contributed by atoms with Gasteiger partial charge in [-0.2, -0.15) is 13.2 Å². The number of ketones is 1. The first-order valence-electron chi connectivity index (χ1n) is 8.66.